The van der Waals surface area contributed by atoms with Crippen LogP contribution >= 0.6 is 0 Å². The van der Waals surface area contributed by atoms with E-state index in [-0.39, 0.29) is 5.57 Å². The van der Waals surface area contributed by atoms with E-state index in [4.69, 9.17) is 4.74 Å². The van der Waals surface area contributed by atoms with Crippen LogP contribution in [0.4, 0.5) is 0 Å². The molecule has 0 saturated heterocycles. The minimum absolute atomic E-state index is 0.0188. The number of nitriles is 1. The summed E-state index contributed by atoms with van der Waals surface area (Å²) in [5.74, 6) is -0.420. The topological polar surface area (TPSA) is 92.8 Å². The Balaban J connectivity index is 1.96. The van der Waals surface area contributed by atoms with Crippen LogP contribution < -0.4 is 5.32 Å². The first-order valence-corrected chi connectivity index (χ1v) is 9.17. The zero-order valence-corrected chi connectivity index (χ0v) is 16.1. The van der Waals surface area contributed by atoms with Crippen molar-refractivity contribution in [1.82, 2.24) is 20.1 Å². The van der Waals surface area contributed by atoms with Gasteiger partial charge in [-0.1, -0.05) is 18.2 Å². The van der Waals surface area contributed by atoms with Crippen molar-refractivity contribution in [3.05, 3.63) is 72.2 Å². The smallest absolute Gasteiger partial charge is 0.261 e. The fourth-order valence-corrected chi connectivity index (χ4v) is 2.76. The van der Waals surface area contributed by atoms with Gasteiger partial charge in [0, 0.05) is 50.0 Å². The number of methoxy groups -OCH3 is 1. The Hall–Kier alpha value is -3.76. The van der Waals surface area contributed by atoms with Gasteiger partial charge in [0.2, 0.25) is 0 Å². The highest BCUT2D eigenvalue weighted by molar-refractivity contribution is 6.02. The van der Waals surface area contributed by atoms with E-state index in [1.807, 2.05) is 48.5 Å². The molecular formula is C22H21N5O2. The van der Waals surface area contributed by atoms with Crippen molar-refractivity contribution in [2.45, 2.75) is 6.42 Å². The maximum atomic E-state index is 12.4. The number of amides is 1. The van der Waals surface area contributed by atoms with E-state index in [1.54, 1.807) is 36.5 Å². The molecule has 0 fully saturated rings. The summed E-state index contributed by atoms with van der Waals surface area (Å²) in [5.41, 5.74) is 3.08. The Labute approximate surface area is 169 Å². The summed E-state index contributed by atoms with van der Waals surface area (Å²) in [4.78, 5) is 16.4. The predicted octanol–water partition coefficient (Wildman–Crippen LogP) is 2.99. The second-order valence-corrected chi connectivity index (χ2v) is 6.22. The van der Waals surface area contributed by atoms with E-state index < -0.39 is 5.91 Å². The first-order chi connectivity index (χ1) is 14.2. The molecule has 2 heterocycles. The number of carbonyl (C=O) groups is 1. The quantitative estimate of drug-likeness (QED) is 0.364. The number of para-hydroxylation sites is 1. The Morgan fingerprint density at radius 3 is 2.69 bits per heavy atom. The zero-order valence-electron chi connectivity index (χ0n) is 16.1. The number of rotatable bonds is 8. The van der Waals surface area contributed by atoms with Gasteiger partial charge in [-0.2, -0.15) is 10.4 Å². The number of nitrogens with zero attached hydrogens (tertiary/aromatic N) is 4. The maximum Gasteiger partial charge on any atom is 0.261 e. The third-order valence-corrected chi connectivity index (χ3v) is 4.19. The van der Waals surface area contributed by atoms with Crippen molar-refractivity contribution in [3.63, 3.8) is 0 Å². The highest BCUT2D eigenvalue weighted by Crippen LogP contribution is 2.25. The summed E-state index contributed by atoms with van der Waals surface area (Å²) in [6.45, 7) is 0.980. The number of benzene rings is 1. The first-order valence-electron chi connectivity index (χ1n) is 9.17. The van der Waals surface area contributed by atoms with Crippen molar-refractivity contribution < 1.29 is 9.53 Å². The van der Waals surface area contributed by atoms with Crippen LogP contribution in [0.25, 0.3) is 23.0 Å². The highest BCUT2D eigenvalue weighted by Gasteiger charge is 2.14. The van der Waals surface area contributed by atoms with E-state index in [2.05, 4.69) is 15.4 Å². The van der Waals surface area contributed by atoms with Gasteiger partial charge in [0.05, 0.1) is 5.69 Å². The van der Waals surface area contributed by atoms with Crippen LogP contribution in [0.1, 0.15) is 12.0 Å². The molecule has 0 aliphatic carbocycles. The van der Waals surface area contributed by atoms with Crippen LogP contribution in [0, 0.1) is 11.3 Å². The molecule has 0 aliphatic heterocycles. The highest BCUT2D eigenvalue weighted by atomic mass is 16.5. The van der Waals surface area contributed by atoms with Crippen LogP contribution in [-0.4, -0.2) is 40.9 Å². The normalized spacial score (nSPS) is 11.1. The van der Waals surface area contributed by atoms with Gasteiger partial charge < -0.3 is 10.1 Å². The minimum atomic E-state index is -0.420. The summed E-state index contributed by atoms with van der Waals surface area (Å²) in [6, 6.07) is 15.3. The van der Waals surface area contributed by atoms with Crippen molar-refractivity contribution in [2.75, 3.05) is 20.3 Å². The van der Waals surface area contributed by atoms with Crippen molar-refractivity contribution in [1.29, 1.82) is 5.26 Å². The molecule has 0 radical (unpaired) electrons. The van der Waals surface area contributed by atoms with Crippen molar-refractivity contribution in [2.24, 2.45) is 0 Å². The summed E-state index contributed by atoms with van der Waals surface area (Å²) >= 11 is 0. The second-order valence-electron chi connectivity index (χ2n) is 6.22. The van der Waals surface area contributed by atoms with Crippen molar-refractivity contribution in [3.8, 4) is 23.0 Å². The van der Waals surface area contributed by atoms with Crippen LogP contribution in [0.15, 0.2) is 66.6 Å². The second kappa shape index (κ2) is 9.97. The number of hydrogen-bond acceptors (Lipinski definition) is 5. The number of aromatic nitrogens is 3. The first kappa shape index (κ1) is 20.0. The molecule has 1 aromatic carbocycles. The summed E-state index contributed by atoms with van der Waals surface area (Å²) in [5, 5.41) is 16.9. The molecule has 0 atom stereocenters. The maximum absolute atomic E-state index is 12.4. The molecule has 3 aromatic rings. The monoisotopic (exact) mass is 387 g/mol. The average molecular weight is 387 g/mol. The summed E-state index contributed by atoms with van der Waals surface area (Å²) in [7, 11) is 1.60. The van der Waals surface area contributed by atoms with E-state index in [9.17, 15) is 10.1 Å². The lowest BCUT2D eigenvalue weighted by atomic mass is 10.1. The van der Waals surface area contributed by atoms with E-state index in [0.717, 1.165) is 11.3 Å². The minimum Gasteiger partial charge on any atom is -0.385 e. The molecule has 146 valence electrons. The van der Waals surface area contributed by atoms with Gasteiger partial charge in [0.1, 0.15) is 17.3 Å². The fourth-order valence-electron chi connectivity index (χ4n) is 2.76. The molecule has 7 nitrogen and oxygen atoms in total. The van der Waals surface area contributed by atoms with Gasteiger partial charge >= 0.3 is 0 Å². The molecule has 0 saturated carbocycles. The van der Waals surface area contributed by atoms with Gasteiger partial charge in [-0.25, -0.2) is 4.68 Å². The Morgan fingerprint density at radius 2 is 2.00 bits per heavy atom. The molecule has 0 aliphatic rings. The SMILES string of the molecule is COCCCNC(=O)/C(C#N)=C/c1cn(-c2ccccc2)nc1-c1ccncc1. The lowest BCUT2D eigenvalue weighted by Crippen LogP contribution is -2.26. The number of carbonyl (C=O) groups excluding carboxylic acids is 1. The molecule has 1 N–H and O–H groups in total. The molecule has 1 amide bonds. The van der Waals surface area contributed by atoms with Crippen LogP contribution in [0.3, 0.4) is 0 Å². The van der Waals surface area contributed by atoms with Gasteiger partial charge in [-0.15, -0.1) is 0 Å². The van der Waals surface area contributed by atoms with E-state index >= 15 is 0 Å². The molecule has 2 aromatic heterocycles. The lowest BCUT2D eigenvalue weighted by molar-refractivity contribution is -0.117. The molecular weight excluding hydrogens is 366 g/mol. The predicted molar refractivity (Wildman–Crippen MR) is 110 cm³/mol. The third-order valence-electron chi connectivity index (χ3n) is 4.19. The number of ether oxygens (including phenoxy) is 1. The molecule has 0 bridgehead atoms. The van der Waals surface area contributed by atoms with Crippen molar-refractivity contribution >= 4 is 12.0 Å². The number of hydrogen-bond donors (Lipinski definition) is 1. The molecule has 3 rings (SSSR count). The van der Waals surface area contributed by atoms with E-state index in [1.165, 1.54) is 0 Å². The Morgan fingerprint density at radius 1 is 1.24 bits per heavy atom. The summed E-state index contributed by atoms with van der Waals surface area (Å²) in [6.07, 6.45) is 7.40. The summed E-state index contributed by atoms with van der Waals surface area (Å²) < 4.78 is 6.70. The molecule has 0 unspecified atom stereocenters. The van der Waals surface area contributed by atoms with Gasteiger partial charge in [-0.3, -0.25) is 9.78 Å². The Kier molecular flexibility index (Phi) is 6.87. The van der Waals surface area contributed by atoms with Gasteiger partial charge in [0.25, 0.3) is 5.91 Å². The zero-order chi connectivity index (χ0) is 20.5. The van der Waals surface area contributed by atoms with Crippen LogP contribution in [0.2, 0.25) is 0 Å². The third kappa shape index (κ3) is 5.15. The molecule has 29 heavy (non-hydrogen) atoms. The van der Waals surface area contributed by atoms with Crippen LogP contribution in [-0.2, 0) is 9.53 Å². The average Bonchev–Trinajstić information content (AvgIpc) is 3.20. The van der Waals surface area contributed by atoms with E-state index in [0.29, 0.717) is 30.8 Å². The lowest BCUT2D eigenvalue weighted by Gasteiger charge is -2.04. The van der Waals surface area contributed by atoms with Gasteiger partial charge in [0.15, 0.2) is 0 Å². The fraction of sp³-hybridized carbons (Fsp3) is 0.182. The van der Waals surface area contributed by atoms with Crippen LogP contribution in [0.5, 0.6) is 0 Å². The largest absolute Gasteiger partial charge is 0.385 e. The standard InChI is InChI=1S/C22H21N5O2/c1-29-13-5-10-25-22(28)18(15-23)14-19-16-27(20-6-3-2-4-7-20)26-21(19)17-8-11-24-12-9-17/h2-4,6-9,11-12,14,16H,5,10,13H2,1H3,(H,25,28)/b18-14+. The molecule has 0 spiro atoms. The molecule has 7 heteroatoms. The number of nitrogens with one attached hydrogen (secondary N) is 1. The number of pyridine rings is 1. The van der Waals surface area contributed by atoms with Gasteiger partial charge in [-0.05, 0) is 36.8 Å². The Bertz CT molecular complexity index is 1020.